The first kappa shape index (κ1) is 16.2. The molecule has 1 aromatic heterocycles. The summed E-state index contributed by atoms with van der Waals surface area (Å²) >= 11 is 6.15. The molecule has 0 radical (unpaired) electrons. The molecule has 0 bridgehead atoms. The minimum Gasteiger partial charge on any atom is -0.313 e. The molecule has 0 unspecified atom stereocenters. The summed E-state index contributed by atoms with van der Waals surface area (Å²) in [5.74, 6) is 0.439. The van der Waals surface area contributed by atoms with E-state index in [0.29, 0.717) is 24.5 Å². The van der Waals surface area contributed by atoms with Crippen molar-refractivity contribution in [3.05, 3.63) is 41.0 Å². The molecule has 0 aliphatic rings. The Morgan fingerprint density at radius 1 is 1.29 bits per heavy atom. The fraction of sp³-hybridized carbons (Fsp3) is 0.400. The highest BCUT2D eigenvalue weighted by atomic mass is 35.5. The molecule has 0 aliphatic heterocycles. The molecule has 6 heteroatoms. The van der Waals surface area contributed by atoms with Crippen LogP contribution in [0.15, 0.2) is 30.5 Å². The third kappa shape index (κ3) is 4.40. The number of aromatic nitrogens is 1. The lowest BCUT2D eigenvalue weighted by Crippen LogP contribution is -2.19. The monoisotopic (exact) mass is 326 g/mol. The second-order valence-electron chi connectivity index (χ2n) is 4.87. The molecule has 21 heavy (non-hydrogen) atoms. The standard InChI is InChI=1S/C15H19ClN2O2S/c1-2-21(19,20)10-4-8-17-11-12-6-7-14(16)13-5-3-9-18-15(12)13/h3,5-7,9,17H,2,4,8,10-11H2,1H3. The maximum absolute atomic E-state index is 11.4. The van der Waals surface area contributed by atoms with Gasteiger partial charge in [-0.25, -0.2) is 8.42 Å². The molecule has 0 saturated carbocycles. The zero-order valence-electron chi connectivity index (χ0n) is 12.0. The Bertz CT molecular complexity index is 717. The molecule has 0 spiro atoms. The van der Waals surface area contributed by atoms with Crippen LogP contribution in [0.25, 0.3) is 10.9 Å². The number of nitrogens with one attached hydrogen (secondary N) is 1. The van der Waals surface area contributed by atoms with Gasteiger partial charge in [0, 0.05) is 28.9 Å². The molecule has 1 aromatic carbocycles. The Balaban J connectivity index is 1.94. The minimum absolute atomic E-state index is 0.207. The number of rotatable bonds is 7. The molecule has 1 heterocycles. The van der Waals surface area contributed by atoms with E-state index in [0.717, 1.165) is 16.5 Å². The van der Waals surface area contributed by atoms with E-state index >= 15 is 0 Å². The highest BCUT2D eigenvalue weighted by Gasteiger charge is 2.07. The van der Waals surface area contributed by atoms with Crippen molar-refractivity contribution in [2.75, 3.05) is 18.1 Å². The third-order valence-electron chi connectivity index (χ3n) is 3.36. The maximum atomic E-state index is 11.4. The number of hydrogen-bond acceptors (Lipinski definition) is 4. The highest BCUT2D eigenvalue weighted by molar-refractivity contribution is 7.91. The van der Waals surface area contributed by atoms with E-state index in [9.17, 15) is 8.42 Å². The van der Waals surface area contributed by atoms with Gasteiger partial charge >= 0.3 is 0 Å². The van der Waals surface area contributed by atoms with Crippen molar-refractivity contribution in [2.45, 2.75) is 19.9 Å². The normalized spacial score (nSPS) is 11.9. The van der Waals surface area contributed by atoms with Gasteiger partial charge in [0.2, 0.25) is 0 Å². The molecule has 0 atom stereocenters. The van der Waals surface area contributed by atoms with Crippen LogP contribution in [0.3, 0.4) is 0 Å². The predicted molar refractivity (Wildman–Crippen MR) is 87.4 cm³/mol. The SMILES string of the molecule is CCS(=O)(=O)CCCNCc1ccc(Cl)c2cccnc12. The molecule has 0 saturated heterocycles. The third-order valence-corrected chi connectivity index (χ3v) is 5.48. The summed E-state index contributed by atoms with van der Waals surface area (Å²) in [6.45, 7) is 2.99. The van der Waals surface area contributed by atoms with Crippen LogP contribution in [-0.4, -0.2) is 31.5 Å². The number of sulfone groups is 1. The molecule has 4 nitrogen and oxygen atoms in total. The van der Waals surface area contributed by atoms with Crippen LogP contribution in [0.2, 0.25) is 5.02 Å². The Labute approximate surface area is 130 Å². The van der Waals surface area contributed by atoms with Crippen molar-refractivity contribution in [1.29, 1.82) is 0 Å². The average Bonchev–Trinajstić information content (AvgIpc) is 2.49. The highest BCUT2D eigenvalue weighted by Crippen LogP contribution is 2.24. The lowest BCUT2D eigenvalue weighted by molar-refractivity contribution is 0.590. The molecular weight excluding hydrogens is 308 g/mol. The van der Waals surface area contributed by atoms with Crippen molar-refractivity contribution in [2.24, 2.45) is 0 Å². The van der Waals surface area contributed by atoms with Crippen LogP contribution in [0.1, 0.15) is 18.9 Å². The maximum Gasteiger partial charge on any atom is 0.150 e. The number of hydrogen-bond donors (Lipinski definition) is 1. The quantitative estimate of drug-likeness (QED) is 0.795. The van der Waals surface area contributed by atoms with Crippen molar-refractivity contribution >= 4 is 32.3 Å². The van der Waals surface area contributed by atoms with Gasteiger partial charge in [0.15, 0.2) is 0 Å². The smallest absolute Gasteiger partial charge is 0.150 e. The van der Waals surface area contributed by atoms with E-state index in [4.69, 9.17) is 11.6 Å². The number of fused-ring (bicyclic) bond motifs is 1. The summed E-state index contributed by atoms with van der Waals surface area (Å²) in [4.78, 5) is 4.37. The summed E-state index contributed by atoms with van der Waals surface area (Å²) in [7, 11) is -2.87. The summed E-state index contributed by atoms with van der Waals surface area (Å²) in [5.41, 5.74) is 1.95. The lowest BCUT2D eigenvalue weighted by Gasteiger charge is -2.08. The zero-order valence-corrected chi connectivity index (χ0v) is 13.5. The number of pyridine rings is 1. The molecule has 1 N–H and O–H groups in total. The minimum atomic E-state index is -2.87. The van der Waals surface area contributed by atoms with Gasteiger partial charge < -0.3 is 5.32 Å². The topological polar surface area (TPSA) is 59.1 Å². The van der Waals surface area contributed by atoms with Gasteiger partial charge in [0.25, 0.3) is 0 Å². The van der Waals surface area contributed by atoms with Gasteiger partial charge in [-0.15, -0.1) is 0 Å². The first-order valence-corrected chi connectivity index (χ1v) is 9.16. The molecule has 2 rings (SSSR count). The van der Waals surface area contributed by atoms with E-state index in [1.54, 1.807) is 13.1 Å². The molecular formula is C15H19ClN2O2S. The summed E-state index contributed by atoms with van der Waals surface area (Å²) in [6.07, 6.45) is 2.37. The Morgan fingerprint density at radius 3 is 2.86 bits per heavy atom. The fourth-order valence-electron chi connectivity index (χ4n) is 2.12. The molecule has 0 aliphatic carbocycles. The summed E-state index contributed by atoms with van der Waals surface area (Å²) in [6, 6.07) is 7.63. The molecule has 114 valence electrons. The second-order valence-corrected chi connectivity index (χ2v) is 7.75. The second kappa shape index (κ2) is 7.20. The lowest BCUT2D eigenvalue weighted by atomic mass is 10.1. The van der Waals surface area contributed by atoms with Crippen LogP contribution in [0.4, 0.5) is 0 Å². The van der Waals surface area contributed by atoms with Gasteiger partial charge in [-0.3, -0.25) is 4.98 Å². The van der Waals surface area contributed by atoms with E-state index < -0.39 is 9.84 Å². The van der Waals surface area contributed by atoms with Crippen molar-refractivity contribution in [1.82, 2.24) is 10.3 Å². The molecule has 2 aromatic rings. The first-order chi connectivity index (χ1) is 10.0. The van der Waals surface area contributed by atoms with Gasteiger partial charge in [-0.1, -0.05) is 24.6 Å². The van der Waals surface area contributed by atoms with Crippen molar-refractivity contribution in [3.63, 3.8) is 0 Å². The van der Waals surface area contributed by atoms with Crippen LogP contribution in [0, 0.1) is 0 Å². The van der Waals surface area contributed by atoms with Crippen LogP contribution in [0.5, 0.6) is 0 Å². The fourth-order valence-corrected chi connectivity index (χ4v) is 3.21. The van der Waals surface area contributed by atoms with E-state index in [1.807, 2.05) is 24.3 Å². The van der Waals surface area contributed by atoms with Gasteiger partial charge in [-0.2, -0.15) is 0 Å². The Morgan fingerprint density at radius 2 is 2.10 bits per heavy atom. The molecule has 0 fully saturated rings. The first-order valence-electron chi connectivity index (χ1n) is 6.97. The molecule has 0 amide bonds. The van der Waals surface area contributed by atoms with Crippen LogP contribution < -0.4 is 5.32 Å². The Hall–Kier alpha value is -1.17. The van der Waals surface area contributed by atoms with Crippen LogP contribution >= 0.6 is 11.6 Å². The van der Waals surface area contributed by atoms with Crippen LogP contribution in [-0.2, 0) is 16.4 Å². The van der Waals surface area contributed by atoms with E-state index in [-0.39, 0.29) is 11.5 Å². The van der Waals surface area contributed by atoms with E-state index in [1.165, 1.54) is 0 Å². The van der Waals surface area contributed by atoms with Gasteiger partial charge in [0.05, 0.1) is 11.3 Å². The number of nitrogens with zero attached hydrogens (tertiary/aromatic N) is 1. The average molecular weight is 327 g/mol. The summed E-state index contributed by atoms with van der Waals surface area (Å²) < 4.78 is 22.8. The predicted octanol–water partition coefficient (Wildman–Crippen LogP) is 2.80. The number of benzene rings is 1. The summed E-state index contributed by atoms with van der Waals surface area (Å²) in [5, 5.41) is 4.89. The van der Waals surface area contributed by atoms with Crippen molar-refractivity contribution < 1.29 is 8.42 Å². The zero-order chi connectivity index (χ0) is 15.3. The van der Waals surface area contributed by atoms with Gasteiger partial charge in [0.1, 0.15) is 9.84 Å². The van der Waals surface area contributed by atoms with Crippen molar-refractivity contribution in [3.8, 4) is 0 Å². The Kier molecular flexibility index (Phi) is 5.56. The largest absolute Gasteiger partial charge is 0.313 e. The number of halogens is 1. The van der Waals surface area contributed by atoms with Gasteiger partial charge in [-0.05, 0) is 36.7 Å². The van der Waals surface area contributed by atoms with E-state index in [2.05, 4.69) is 10.3 Å².